The minimum Gasteiger partial charge on any atom is -0.360 e. The number of rotatable bonds is 2. The Morgan fingerprint density at radius 3 is 2.82 bits per heavy atom. The molecule has 0 saturated heterocycles. The average molecular weight is 307 g/mol. The van der Waals surface area contributed by atoms with Crippen molar-refractivity contribution < 1.29 is 0 Å². The maximum Gasteiger partial charge on any atom is 0.0731 e. The molecule has 0 fully saturated rings. The first-order chi connectivity index (χ1) is 10.7. The summed E-state index contributed by atoms with van der Waals surface area (Å²) in [5, 5.41) is 3.02. The zero-order valence-corrected chi connectivity index (χ0v) is 13.0. The summed E-state index contributed by atoms with van der Waals surface area (Å²) in [5.74, 6) is 0. The molecule has 0 aliphatic carbocycles. The number of nitrogens with zero attached hydrogens (tertiary/aromatic N) is 1. The summed E-state index contributed by atoms with van der Waals surface area (Å²) in [4.78, 5) is 8.12. The summed E-state index contributed by atoms with van der Waals surface area (Å²) in [7, 11) is 0. The first kappa shape index (κ1) is 13.4. The molecule has 2 nitrogen and oxygen atoms in total. The van der Waals surface area contributed by atoms with E-state index < -0.39 is 0 Å². The van der Waals surface area contributed by atoms with Gasteiger partial charge in [0.25, 0.3) is 0 Å². The normalized spacial score (nSPS) is 11.4. The van der Waals surface area contributed by atoms with Crippen LogP contribution in [0, 0.1) is 0 Å². The summed E-state index contributed by atoms with van der Waals surface area (Å²) in [5.41, 5.74) is 5.56. The molecule has 4 aromatic rings. The number of hydrogen-bond acceptors (Lipinski definition) is 1. The van der Waals surface area contributed by atoms with Crippen LogP contribution in [-0.4, -0.2) is 9.97 Å². The predicted molar refractivity (Wildman–Crippen MR) is 93.4 cm³/mol. The van der Waals surface area contributed by atoms with E-state index in [-0.39, 0.29) is 0 Å². The Morgan fingerprint density at radius 2 is 1.95 bits per heavy atom. The van der Waals surface area contributed by atoms with Gasteiger partial charge in [0.05, 0.1) is 11.2 Å². The lowest BCUT2D eigenvalue weighted by atomic mass is 10.0. The van der Waals surface area contributed by atoms with Gasteiger partial charge < -0.3 is 4.98 Å². The predicted octanol–water partition coefficient (Wildman–Crippen LogP) is 5.60. The maximum atomic E-state index is 6.04. The fourth-order valence-electron chi connectivity index (χ4n) is 2.85. The van der Waals surface area contributed by atoms with Crippen molar-refractivity contribution in [2.75, 3.05) is 0 Å². The van der Waals surface area contributed by atoms with E-state index in [1.807, 2.05) is 24.4 Å². The van der Waals surface area contributed by atoms with E-state index in [0.29, 0.717) is 0 Å². The quantitative estimate of drug-likeness (QED) is 0.513. The standard InChI is InChI=1S/C19H15ClN2/c1-2-12-3-6-18-15(9-12)16(11-21-18)19-7-4-13-10-14(20)5-8-17(13)22-19/h3-11,21H,2H2,1H3. The van der Waals surface area contributed by atoms with Crippen molar-refractivity contribution in [1.29, 1.82) is 0 Å². The molecule has 108 valence electrons. The molecule has 0 atom stereocenters. The SMILES string of the molecule is CCc1ccc2[nH]cc(-c3ccc4cc(Cl)ccc4n3)c2c1. The molecule has 0 aliphatic heterocycles. The van der Waals surface area contributed by atoms with Gasteiger partial charge in [0.2, 0.25) is 0 Å². The van der Waals surface area contributed by atoms with Gasteiger partial charge in [-0.15, -0.1) is 0 Å². The fraction of sp³-hybridized carbons (Fsp3) is 0.105. The third kappa shape index (κ3) is 2.16. The summed E-state index contributed by atoms with van der Waals surface area (Å²) >= 11 is 6.04. The number of aromatic nitrogens is 2. The minimum atomic E-state index is 0.738. The Labute approximate surface area is 133 Å². The molecule has 0 aliphatic rings. The smallest absolute Gasteiger partial charge is 0.0731 e. The van der Waals surface area contributed by atoms with Gasteiger partial charge in [-0.25, -0.2) is 4.98 Å². The summed E-state index contributed by atoms with van der Waals surface area (Å²) in [6, 6.07) is 16.5. The van der Waals surface area contributed by atoms with Gasteiger partial charge in [-0.05, 0) is 48.4 Å². The summed E-state index contributed by atoms with van der Waals surface area (Å²) in [6.45, 7) is 2.17. The van der Waals surface area contributed by atoms with Crippen molar-refractivity contribution >= 4 is 33.4 Å². The molecule has 3 heteroatoms. The third-order valence-electron chi connectivity index (χ3n) is 4.08. The molecule has 0 spiro atoms. The highest BCUT2D eigenvalue weighted by molar-refractivity contribution is 6.31. The highest BCUT2D eigenvalue weighted by Crippen LogP contribution is 2.30. The van der Waals surface area contributed by atoms with Crippen molar-refractivity contribution in [3.63, 3.8) is 0 Å². The molecule has 2 heterocycles. The van der Waals surface area contributed by atoms with E-state index in [2.05, 4.69) is 42.2 Å². The topological polar surface area (TPSA) is 28.7 Å². The van der Waals surface area contributed by atoms with Crippen molar-refractivity contribution in [3.8, 4) is 11.3 Å². The van der Waals surface area contributed by atoms with E-state index in [9.17, 15) is 0 Å². The highest BCUT2D eigenvalue weighted by Gasteiger charge is 2.09. The Hall–Kier alpha value is -2.32. The molecule has 0 radical (unpaired) electrons. The zero-order valence-electron chi connectivity index (χ0n) is 12.2. The molecule has 0 saturated carbocycles. The molecular weight excluding hydrogens is 292 g/mol. The molecule has 2 aromatic heterocycles. The van der Waals surface area contributed by atoms with Crippen LogP contribution < -0.4 is 0 Å². The number of halogens is 1. The van der Waals surface area contributed by atoms with Crippen LogP contribution in [0.4, 0.5) is 0 Å². The molecule has 0 amide bonds. The number of benzene rings is 2. The lowest BCUT2D eigenvalue weighted by Crippen LogP contribution is -1.85. The van der Waals surface area contributed by atoms with Crippen molar-refractivity contribution in [2.24, 2.45) is 0 Å². The van der Waals surface area contributed by atoms with Crippen LogP contribution in [-0.2, 0) is 6.42 Å². The van der Waals surface area contributed by atoms with Crippen LogP contribution >= 0.6 is 11.6 Å². The Balaban J connectivity index is 1.92. The second kappa shape index (κ2) is 5.15. The second-order valence-electron chi connectivity index (χ2n) is 5.47. The molecule has 0 unspecified atom stereocenters. The number of pyridine rings is 1. The van der Waals surface area contributed by atoms with Crippen molar-refractivity contribution in [1.82, 2.24) is 9.97 Å². The summed E-state index contributed by atoms with van der Waals surface area (Å²) < 4.78 is 0. The van der Waals surface area contributed by atoms with Crippen LogP contribution in [0.1, 0.15) is 12.5 Å². The molecule has 0 bridgehead atoms. The van der Waals surface area contributed by atoms with Gasteiger partial charge in [0.1, 0.15) is 0 Å². The number of nitrogens with one attached hydrogen (secondary N) is 1. The molecule has 2 aromatic carbocycles. The lowest BCUT2D eigenvalue weighted by Gasteiger charge is -2.04. The first-order valence-corrected chi connectivity index (χ1v) is 7.79. The number of hydrogen-bond donors (Lipinski definition) is 1. The zero-order chi connectivity index (χ0) is 15.1. The van der Waals surface area contributed by atoms with Gasteiger partial charge in [-0.2, -0.15) is 0 Å². The Morgan fingerprint density at radius 1 is 1.05 bits per heavy atom. The monoisotopic (exact) mass is 306 g/mol. The van der Waals surface area contributed by atoms with Crippen molar-refractivity contribution in [3.05, 3.63) is 65.3 Å². The highest BCUT2D eigenvalue weighted by atomic mass is 35.5. The van der Waals surface area contributed by atoms with Gasteiger partial charge in [-0.3, -0.25) is 0 Å². The first-order valence-electron chi connectivity index (χ1n) is 7.41. The van der Waals surface area contributed by atoms with Crippen LogP contribution in [0.2, 0.25) is 5.02 Å². The average Bonchev–Trinajstić information content (AvgIpc) is 2.97. The second-order valence-corrected chi connectivity index (χ2v) is 5.91. The van der Waals surface area contributed by atoms with Crippen molar-refractivity contribution in [2.45, 2.75) is 13.3 Å². The van der Waals surface area contributed by atoms with E-state index in [1.165, 1.54) is 10.9 Å². The largest absolute Gasteiger partial charge is 0.360 e. The lowest BCUT2D eigenvalue weighted by molar-refractivity contribution is 1.15. The van der Waals surface area contributed by atoms with E-state index in [1.54, 1.807) is 0 Å². The number of aryl methyl sites for hydroxylation is 1. The summed E-state index contributed by atoms with van der Waals surface area (Å²) in [6.07, 6.45) is 3.07. The number of H-pyrrole nitrogens is 1. The van der Waals surface area contributed by atoms with Gasteiger partial charge in [-0.1, -0.05) is 30.7 Å². The Bertz CT molecular complexity index is 985. The molecule has 22 heavy (non-hydrogen) atoms. The fourth-order valence-corrected chi connectivity index (χ4v) is 3.03. The number of fused-ring (bicyclic) bond motifs is 2. The van der Waals surface area contributed by atoms with Gasteiger partial charge in [0.15, 0.2) is 0 Å². The third-order valence-corrected chi connectivity index (χ3v) is 4.32. The number of aromatic amines is 1. The van der Waals surface area contributed by atoms with E-state index >= 15 is 0 Å². The molecular formula is C19H15ClN2. The van der Waals surface area contributed by atoms with Gasteiger partial charge >= 0.3 is 0 Å². The Kier molecular flexibility index (Phi) is 3.12. The molecule has 1 N–H and O–H groups in total. The van der Waals surface area contributed by atoms with Crippen LogP contribution in [0.3, 0.4) is 0 Å². The maximum absolute atomic E-state index is 6.04. The van der Waals surface area contributed by atoms with E-state index in [4.69, 9.17) is 16.6 Å². The van der Waals surface area contributed by atoms with Crippen LogP contribution in [0.15, 0.2) is 54.7 Å². The van der Waals surface area contributed by atoms with Crippen LogP contribution in [0.25, 0.3) is 33.1 Å². The molecule has 4 rings (SSSR count). The van der Waals surface area contributed by atoms with E-state index in [0.717, 1.165) is 39.1 Å². The van der Waals surface area contributed by atoms with Gasteiger partial charge in [0, 0.05) is 33.1 Å². The van der Waals surface area contributed by atoms with Crippen LogP contribution in [0.5, 0.6) is 0 Å². The minimum absolute atomic E-state index is 0.738.